The second-order valence-corrected chi connectivity index (χ2v) is 8.05. The molecule has 1 amide bonds. The molecule has 0 atom stereocenters. The third-order valence-electron chi connectivity index (χ3n) is 5.42. The van der Waals surface area contributed by atoms with Gasteiger partial charge in [0.2, 0.25) is 0 Å². The van der Waals surface area contributed by atoms with Crippen LogP contribution in [0.3, 0.4) is 0 Å². The van der Waals surface area contributed by atoms with E-state index in [2.05, 4.69) is 5.32 Å². The lowest BCUT2D eigenvalue weighted by atomic mass is 9.82. The minimum absolute atomic E-state index is 0.167. The average molecular weight is 444 g/mol. The first-order valence-corrected chi connectivity index (χ1v) is 10.5. The number of aromatic hydroxyl groups is 2. The minimum atomic E-state index is -0.279. The normalized spacial score (nSPS) is 10.8. The molecule has 0 heterocycles. The van der Waals surface area contributed by atoms with E-state index >= 15 is 0 Å². The Morgan fingerprint density at radius 3 is 1.97 bits per heavy atom. The first-order valence-electron chi connectivity index (χ1n) is 10.2. The van der Waals surface area contributed by atoms with Crippen LogP contribution in [0.4, 0.5) is 5.69 Å². The van der Waals surface area contributed by atoms with E-state index in [4.69, 9.17) is 11.6 Å². The molecule has 0 aliphatic carbocycles. The maximum atomic E-state index is 13.3. The molecule has 0 saturated carbocycles. The molecule has 160 valence electrons. The van der Waals surface area contributed by atoms with E-state index < -0.39 is 0 Å². The highest BCUT2D eigenvalue weighted by Gasteiger charge is 2.23. The summed E-state index contributed by atoms with van der Waals surface area (Å²) in [6.07, 6.45) is 0. The molecule has 0 fully saturated rings. The predicted octanol–water partition coefficient (Wildman–Crippen LogP) is 6.49. The standard InChI is InChI=1S/C27H22ClNO3/c1-17-6-11-20(28)16-25(17)29-27(32)24-5-3-2-4-23(24)26(18-7-12-21(30)13-8-18)19-9-14-22(31)15-10-19/h2-16,26,30-31H,1H3,(H,29,32). The molecule has 4 nitrogen and oxygen atoms in total. The number of amides is 1. The Balaban J connectivity index is 1.80. The molecule has 4 aromatic rings. The van der Waals surface area contributed by atoms with Gasteiger partial charge in [-0.25, -0.2) is 0 Å². The first kappa shape index (κ1) is 21.5. The number of nitrogens with one attached hydrogen (secondary N) is 1. The van der Waals surface area contributed by atoms with E-state index in [1.54, 1.807) is 42.5 Å². The number of aryl methyl sites for hydroxylation is 1. The fourth-order valence-corrected chi connectivity index (χ4v) is 3.93. The Kier molecular flexibility index (Phi) is 6.15. The molecule has 3 N–H and O–H groups in total. The summed E-state index contributed by atoms with van der Waals surface area (Å²) in [4.78, 5) is 13.3. The zero-order valence-corrected chi connectivity index (χ0v) is 18.2. The second kappa shape index (κ2) is 9.16. The Morgan fingerprint density at radius 1 is 0.812 bits per heavy atom. The maximum Gasteiger partial charge on any atom is 0.255 e. The lowest BCUT2D eigenvalue weighted by Crippen LogP contribution is -2.17. The van der Waals surface area contributed by atoms with Gasteiger partial charge >= 0.3 is 0 Å². The van der Waals surface area contributed by atoms with Gasteiger partial charge in [0.1, 0.15) is 11.5 Å². The molecule has 0 spiro atoms. The van der Waals surface area contributed by atoms with Crippen LogP contribution in [0.25, 0.3) is 0 Å². The number of anilines is 1. The van der Waals surface area contributed by atoms with Crippen molar-refractivity contribution < 1.29 is 15.0 Å². The first-order chi connectivity index (χ1) is 15.4. The van der Waals surface area contributed by atoms with Gasteiger partial charge in [0.25, 0.3) is 5.91 Å². The maximum absolute atomic E-state index is 13.3. The summed E-state index contributed by atoms with van der Waals surface area (Å²) in [7, 11) is 0. The summed E-state index contributed by atoms with van der Waals surface area (Å²) in [6.45, 7) is 1.91. The Morgan fingerprint density at radius 2 is 1.38 bits per heavy atom. The van der Waals surface area contributed by atoms with Crippen molar-refractivity contribution in [1.29, 1.82) is 0 Å². The molecule has 0 bridgehead atoms. The monoisotopic (exact) mass is 443 g/mol. The van der Waals surface area contributed by atoms with Gasteiger partial charge in [-0.1, -0.05) is 60.1 Å². The Bertz CT molecular complexity index is 1210. The van der Waals surface area contributed by atoms with Crippen molar-refractivity contribution in [2.45, 2.75) is 12.8 Å². The smallest absolute Gasteiger partial charge is 0.255 e. The number of hydrogen-bond donors (Lipinski definition) is 3. The molecular formula is C27H22ClNO3. The predicted molar refractivity (Wildman–Crippen MR) is 128 cm³/mol. The van der Waals surface area contributed by atoms with Crippen molar-refractivity contribution in [3.05, 3.63) is 124 Å². The number of carbonyl (C=O) groups excluding carboxylic acids is 1. The number of rotatable bonds is 5. The molecule has 0 saturated heterocycles. The van der Waals surface area contributed by atoms with Crippen LogP contribution >= 0.6 is 11.6 Å². The van der Waals surface area contributed by atoms with Crippen molar-refractivity contribution in [2.75, 3.05) is 5.32 Å². The molecule has 0 aromatic heterocycles. The Labute approximate surface area is 191 Å². The minimum Gasteiger partial charge on any atom is -0.508 e. The van der Waals surface area contributed by atoms with Crippen molar-refractivity contribution in [3.8, 4) is 11.5 Å². The molecule has 5 heteroatoms. The van der Waals surface area contributed by atoms with E-state index in [1.807, 2.05) is 55.5 Å². The number of phenolic OH excluding ortho intramolecular Hbond substituents is 2. The third kappa shape index (κ3) is 4.61. The van der Waals surface area contributed by atoms with Gasteiger partial charge in [-0.2, -0.15) is 0 Å². The van der Waals surface area contributed by atoms with Gasteiger partial charge < -0.3 is 15.5 Å². The van der Waals surface area contributed by atoms with Crippen LogP contribution in [0.15, 0.2) is 91.0 Å². The summed E-state index contributed by atoms with van der Waals surface area (Å²) in [5.74, 6) is -0.187. The van der Waals surface area contributed by atoms with Crippen molar-refractivity contribution >= 4 is 23.2 Å². The van der Waals surface area contributed by atoms with Crippen molar-refractivity contribution in [3.63, 3.8) is 0 Å². The van der Waals surface area contributed by atoms with Crippen molar-refractivity contribution in [1.82, 2.24) is 0 Å². The van der Waals surface area contributed by atoms with Crippen LogP contribution in [0.5, 0.6) is 11.5 Å². The van der Waals surface area contributed by atoms with Gasteiger partial charge in [-0.3, -0.25) is 4.79 Å². The van der Waals surface area contributed by atoms with Crippen LogP contribution in [0, 0.1) is 6.92 Å². The molecule has 0 radical (unpaired) electrons. The van der Waals surface area contributed by atoms with Crippen molar-refractivity contribution in [2.24, 2.45) is 0 Å². The van der Waals surface area contributed by atoms with Gasteiger partial charge in [0.15, 0.2) is 0 Å². The number of benzene rings is 4. The van der Waals surface area contributed by atoms with Crippen LogP contribution in [-0.2, 0) is 0 Å². The fourth-order valence-electron chi connectivity index (χ4n) is 3.76. The summed E-state index contributed by atoms with van der Waals surface area (Å²) < 4.78 is 0. The molecule has 4 rings (SSSR count). The van der Waals surface area contributed by atoms with Gasteiger partial charge in [-0.15, -0.1) is 0 Å². The fraction of sp³-hybridized carbons (Fsp3) is 0.0741. The summed E-state index contributed by atoms with van der Waals surface area (Å²) in [6, 6.07) is 26.7. The average Bonchev–Trinajstić information content (AvgIpc) is 2.79. The lowest BCUT2D eigenvalue weighted by Gasteiger charge is -2.22. The van der Waals surface area contributed by atoms with Gasteiger partial charge in [0.05, 0.1) is 0 Å². The third-order valence-corrected chi connectivity index (χ3v) is 5.65. The zero-order chi connectivity index (χ0) is 22.7. The van der Waals surface area contributed by atoms with Crippen LogP contribution < -0.4 is 5.32 Å². The van der Waals surface area contributed by atoms with Crippen LogP contribution in [0.2, 0.25) is 5.02 Å². The second-order valence-electron chi connectivity index (χ2n) is 7.62. The van der Waals surface area contributed by atoms with Gasteiger partial charge in [-0.05, 0) is 71.6 Å². The number of phenols is 2. The lowest BCUT2D eigenvalue weighted by molar-refractivity contribution is 0.102. The molecular weight excluding hydrogens is 422 g/mol. The summed E-state index contributed by atoms with van der Waals surface area (Å²) in [5.41, 5.74) is 4.72. The number of hydrogen-bond acceptors (Lipinski definition) is 3. The van der Waals surface area contributed by atoms with E-state index in [-0.39, 0.29) is 23.3 Å². The van der Waals surface area contributed by atoms with Crippen LogP contribution in [0.1, 0.15) is 38.5 Å². The van der Waals surface area contributed by atoms with E-state index in [0.717, 1.165) is 22.3 Å². The summed E-state index contributed by atoms with van der Waals surface area (Å²) >= 11 is 6.12. The molecule has 4 aromatic carbocycles. The number of halogens is 1. The molecule has 0 aliphatic rings. The zero-order valence-electron chi connectivity index (χ0n) is 17.4. The topological polar surface area (TPSA) is 69.6 Å². The largest absolute Gasteiger partial charge is 0.508 e. The summed E-state index contributed by atoms with van der Waals surface area (Å²) in [5, 5.41) is 23.1. The SMILES string of the molecule is Cc1ccc(Cl)cc1NC(=O)c1ccccc1C(c1ccc(O)cc1)c1ccc(O)cc1. The highest BCUT2D eigenvalue weighted by molar-refractivity contribution is 6.31. The molecule has 32 heavy (non-hydrogen) atoms. The van der Waals surface area contributed by atoms with E-state index in [1.165, 1.54) is 0 Å². The number of carbonyl (C=O) groups is 1. The molecule has 0 unspecified atom stereocenters. The van der Waals surface area contributed by atoms with Gasteiger partial charge in [0, 0.05) is 22.2 Å². The molecule has 0 aliphatic heterocycles. The quantitative estimate of drug-likeness (QED) is 0.309. The Hall–Kier alpha value is -3.76. The van der Waals surface area contributed by atoms with Crippen LogP contribution in [-0.4, -0.2) is 16.1 Å². The van der Waals surface area contributed by atoms with E-state index in [9.17, 15) is 15.0 Å². The highest BCUT2D eigenvalue weighted by Crippen LogP contribution is 2.35. The van der Waals surface area contributed by atoms with E-state index in [0.29, 0.717) is 16.3 Å². The highest BCUT2D eigenvalue weighted by atomic mass is 35.5.